The third-order valence-electron chi connectivity index (χ3n) is 4.87. The van der Waals surface area contributed by atoms with Crippen LogP contribution in [0.25, 0.3) is 17.0 Å². The van der Waals surface area contributed by atoms with Crippen molar-refractivity contribution in [1.29, 1.82) is 0 Å². The number of thioether (sulfide) groups is 1. The zero-order valence-corrected chi connectivity index (χ0v) is 17.9. The van der Waals surface area contributed by atoms with Gasteiger partial charge in [0.2, 0.25) is 5.91 Å². The van der Waals surface area contributed by atoms with Crippen LogP contribution in [0.15, 0.2) is 52.9 Å². The predicted octanol–water partition coefficient (Wildman–Crippen LogP) is 4.40. The van der Waals surface area contributed by atoms with Crippen molar-refractivity contribution in [3.8, 4) is 0 Å². The minimum atomic E-state index is -0.299. The van der Waals surface area contributed by atoms with Gasteiger partial charge in [-0.3, -0.25) is 19.3 Å². The van der Waals surface area contributed by atoms with Crippen LogP contribution in [-0.2, 0) is 16.0 Å². The number of nitrogens with one attached hydrogen (secondary N) is 2. The van der Waals surface area contributed by atoms with Crippen LogP contribution in [-0.4, -0.2) is 40.0 Å². The lowest BCUT2D eigenvalue weighted by Gasteiger charge is -2.13. The quantitative estimate of drug-likeness (QED) is 0.510. The number of fused-ring (bicyclic) bond motifs is 1. The Labute approximate surface area is 182 Å². The van der Waals surface area contributed by atoms with Crippen molar-refractivity contribution in [2.45, 2.75) is 19.3 Å². The highest BCUT2D eigenvalue weighted by Gasteiger charge is 2.34. The van der Waals surface area contributed by atoms with E-state index in [9.17, 15) is 14.4 Å². The lowest BCUT2D eigenvalue weighted by Crippen LogP contribution is -2.37. The average molecular weight is 440 g/mol. The van der Waals surface area contributed by atoms with E-state index in [1.54, 1.807) is 6.08 Å². The Morgan fingerprint density at radius 1 is 1.17 bits per heavy atom. The number of thiophene rings is 1. The molecule has 4 rings (SSSR count). The molecule has 2 aromatic heterocycles. The van der Waals surface area contributed by atoms with Gasteiger partial charge in [-0.05, 0) is 53.8 Å². The third kappa shape index (κ3) is 4.66. The van der Waals surface area contributed by atoms with Crippen LogP contribution in [0.5, 0.6) is 0 Å². The maximum absolute atomic E-state index is 12.4. The first kappa shape index (κ1) is 20.4. The van der Waals surface area contributed by atoms with Gasteiger partial charge in [-0.1, -0.05) is 24.3 Å². The lowest BCUT2D eigenvalue weighted by atomic mass is 10.1. The van der Waals surface area contributed by atoms with Crippen LogP contribution in [0.4, 0.5) is 4.79 Å². The van der Waals surface area contributed by atoms with E-state index < -0.39 is 0 Å². The van der Waals surface area contributed by atoms with E-state index in [1.807, 2.05) is 41.9 Å². The summed E-state index contributed by atoms with van der Waals surface area (Å²) in [6.45, 7) is 0.441. The van der Waals surface area contributed by atoms with Crippen molar-refractivity contribution in [2.75, 3.05) is 13.1 Å². The summed E-state index contributed by atoms with van der Waals surface area (Å²) in [4.78, 5) is 42.5. The van der Waals surface area contributed by atoms with Crippen LogP contribution < -0.4 is 5.32 Å². The Kier molecular flexibility index (Phi) is 6.35. The normalized spacial score (nSPS) is 15.5. The summed E-state index contributed by atoms with van der Waals surface area (Å²) in [7, 11) is 0. The molecule has 0 saturated carbocycles. The Balaban J connectivity index is 1.21. The number of nitrogens with zero attached hydrogens (tertiary/aromatic N) is 1. The molecular formula is C22H21N3O3S2. The van der Waals surface area contributed by atoms with Gasteiger partial charge in [-0.2, -0.15) is 0 Å². The molecule has 0 atom stereocenters. The molecule has 0 aliphatic carbocycles. The number of H-pyrrole nitrogens is 1. The molecule has 0 bridgehead atoms. The minimum Gasteiger partial charge on any atom is -0.361 e. The molecule has 0 radical (unpaired) electrons. The van der Waals surface area contributed by atoms with E-state index in [4.69, 9.17) is 0 Å². The fourth-order valence-corrected chi connectivity index (χ4v) is 4.96. The van der Waals surface area contributed by atoms with Gasteiger partial charge in [0.15, 0.2) is 0 Å². The first-order valence-corrected chi connectivity index (χ1v) is 11.4. The van der Waals surface area contributed by atoms with Gasteiger partial charge < -0.3 is 10.3 Å². The molecule has 8 heteroatoms. The number of para-hydroxylation sites is 1. The zero-order chi connectivity index (χ0) is 20.9. The number of imide groups is 1. The van der Waals surface area contributed by atoms with Gasteiger partial charge in [0, 0.05) is 41.5 Å². The standard InChI is InChI=1S/C22H21N3O3S2/c26-20(9-3-5-15-14-24-18-8-2-1-7-17(15)18)23-10-11-25-21(27)19(30-22(25)28)13-16-6-4-12-29-16/h1-2,4,6-8,12-14,24H,3,5,9-11H2,(H,23,26)/b19-13+. The number of carbonyl (C=O) groups excluding carboxylic acids is 3. The molecule has 0 unspecified atom stereocenters. The molecule has 6 nitrogen and oxygen atoms in total. The maximum Gasteiger partial charge on any atom is 0.293 e. The van der Waals surface area contributed by atoms with Gasteiger partial charge in [0.1, 0.15) is 0 Å². The molecule has 1 aromatic carbocycles. The monoisotopic (exact) mass is 439 g/mol. The summed E-state index contributed by atoms with van der Waals surface area (Å²) < 4.78 is 0. The number of carbonyl (C=O) groups is 3. The van der Waals surface area contributed by atoms with Crippen LogP contribution in [0, 0.1) is 0 Å². The number of aromatic amines is 1. The fraction of sp³-hybridized carbons (Fsp3) is 0.227. The Hall–Kier alpha value is -2.84. The molecule has 3 aromatic rings. The summed E-state index contributed by atoms with van der Waals surface area (Å²) in [6, 6.07) is 11.9. The maximum atomic E-state index is 12.4. The number of benzene rings is 1. The Morgan fingerprint density at radius 3 is 2.87 bits per heavy atom. The molecule has 1 fully saturated rings. The smallest absolute Gasteiger partial charge is 0.293 e. The molecule has 3 amide bonds. The van der Waals surface area contributed by atoms with Gasteiger partial charge in [-0.15, -0.1) is 11.3 Å². The Morgan fingerprint density at radius 2 is 2.03 bits per heavy atom. The van der Waals surface area contributed by atoms with Crippen molar-refractivity contribution in [3.05, 3.63) is 63.3 Å². The summed E-state index contributed by atoms with van der Waals surface area (Å²) >= 11 is 2.45. The third-order valence-corrected chi connectivity index (χ3v) is 6.60. The van der Waals surface area contributed by atoms with Crippen molar-refractivity contribution in [1.82, 2.24) is 15.2 Å². The highest BCUT2D eigenvalue weighted by atomic mass is 32.2. The summed E-state index contributed by atoms with van der Waals surface area (Å²) in [5, 5.41) is 5.62. The first-order chi connectivity index (χ1) is 14.6. The highest BCUT2D eigenvalue weighted by molar-refractivity contribution is 8.18. The molecule has 1 saturated heterocycles. The number of rotatable bonds is 8. The van der Waals surface area contributed by atoms with Gasteiger partial charge in [0.25, 0.3) is 11.1 Å². The molecule has 2 N–H and O–H groups in total. The molecule has 30 heavy (non-hydrogen) atoms. The predicted molar refractivity (Wildman–Crippen MR) is 121 cm³/mol. The number of aromatic nitrogens is 1. The summed E-state index contributed by atoms with van der Waals surface area (Å²) in [5.74, 6) is -0.372. The van der Waals surface area contributed by atoms with Crippen LogP contribution in [0.3, 0.4) is 0 Å². The van der Waals surface area contributed by atoms with Crippen molar-refractivity contribution < 1.29 is 14.4 Å². The largest absolute Gasteiger partial charge is 0.361 e. The molecule has 3 heterocycles. The molecule has 1 aliphatic heterocycles. The Bertz CT molecular complexity index is 1100. The topological polar surface area (TPSA) is 82.3 Å². The summed E-state index contributed by atoms with van der Waals surface area (Å²) in [6.07, 6.45) is 5.68. The fourth-order valence-electron chi connectivity index (χ4n) is 3.37. The number of amides is 3. The van der Waals surface area contributed by atoms with E-state index in [-0.39, 0.29) is 30.1 Å². The van der Waals surface area contributed by atoms with Crippen molar-refractivity contribution >= 4 is 57.1 Å². The average Bonchev–Trinajstić information content (AvgIpc) is 3.45. The van der Waals surface area contributed by atoms with E-state index in [0.29, 0.717) is 11.3 Å². The van der Waals surface area contributed by atoms with Crippen LogP contribution in [0.1, 0.15) is 23.3 Å². The number of hydrogen-bond donors (Lipinski definition) is 2. The van der Waals surface area contributed by atoms with Crippen molar-refractivity contribution in [3.63, 3.8) is 0 Å². The van der Waals surface area contributed by atoms with Gasteiger partial charge in [-0.25, -0.2) is 0 Å². The first-order valence-electron chi connectivity index (χ1n) is 9.72. The van der Waals surface area contributed by atoms with E-state index in [2.05, 4.69) is 16.4 Å². The van der Waals surface area contributed by atoms with E-state index in [1.165, 1.54) is 27.2 Å². The second-order valence-electron chi connectivity index (χ2n) is 6.91. The van der Waals surface area contributed by atoms with Gasteiger partial charge >= 0.3 is 0 Å². The van der Waals surface area contributed by atoms with Crippen molar-refractivity contribution in [2.24, 2.45) is 0 Å². The minimum absolute atomic E-state index is 0.0732. The van der Waals surface area contributed by atoms with E-state index in [0.717, 1.165) is 35.0 Å². The molecule has 0 spiro atoms. The van der Waals surface area contributed by atoms with Gasteiger partial charge in [0.05, 0.1) is 4.91 Å². The second kappa shape index (κ2) is 9.32. The summed E-state index contributed by atoms with van der Waals surface area (Å²) in [5.41, 5.74) is 2.30. The number of hydrogen-bond acceptors (Lipinski definition) is 5. The SMILES string of the molecule is O=C(CCCc1c[nH]c2ccccc12)NCCN1C(=O)S/C(=C/c2cccs2)C1=O. The second-order valence-corrected chi connectivity index (χ2v) is 8.88. The molecule has 1 aliphatic rings. The zero-order valence-electron chi connectivity index (χ0n) is 16.2. The highest BCUT2D eigenvalue weighted by Crippen LogP contribution is 2.32. The molecular weight excluding hydrogens is 418 g/mol. The van der Waals surface area contributed by atoms with E-state index >= 15 is 0 Å². The lowest BCUT2D eigenvalue weighted by molar-refractivity contribution is -0.124. The van der Waals surface area contributed by atoms with Crippen LogP contribution in [0.2, 0.25) is 0 Å². The molecule has 154 valence electrons. The van der Waals surface area contributed by atoms with Crippen LogP contribution >= 0.6 is 23.1 Å². The number of aryl methyl sites for hydroxylation is 1.